The highest BCUT2D eigenvalue weighted by Gasteiger charge is 2.25. The van der Waals surface area contributed by atoms with Crippen molar-refractivity contribution in [1.82, 2.24) is 5.32 Å². The third kappa shape index (κ3) is 5.10. The first-order chi connectivity index (χ1) is 16.8. The largest absolute Gasteiger partial charge is 0.493 e. The van der Waals surface area contributed by atoms with Crippen molar-refractivity contribution in [3.05, 3.63) is 69.1 Å². The van der Waals surface area contributed by atoms with Crippen LogP contribution in [0.4, 0.5) is 5.69 Å². The maximum atomic E-state index is 13.4. The van der Waals surface area contributed by atoms with Crippen molar-refractivity contribution in [2.75, 3.05) is 32.2 Å². The molecule has 0 unspecified atom stereocenters. The van der Waals surface area contributed by atoms with Gasteiger partial charge in [0, 0.05) is 55.1 Å². The molecule has 1 aromatic heterocycles. The Morgan fingerprint density at radius 1 is 1.14 bits per heavy atom. The maximum absolute atomic E-state index is 13.4. The molecule has 2 amide bonds. The van der Waals surface area contributed by atoms with Crippen molar-refractivity contribution in [2.45, 2.75) is 19.3 Å². The van der Waals surface area contributed by atoms with Gasteiger partial charge in [0.2, 0.25) is 0 Å². The molecule has 7 nitrogen and oxygen atoms in total. The fraction of sp³-hybridized carbons (Fsp3) is 0.269. The number of thiophene rings is 1. The van der Waals surface area contributed by atoms with Gasteiger partial charge in [-0.2, -0.15) is 0 Å². The molecule has 2 heterocycles. The van der Waals surface area contributed by atoms with Gasteiger partial charge in [-0.1, -0.05) is 11.6 Å². The molecule has 35 heavy (non-hydrogen) atoms. The summed E-state index contributed by atoms with van der Waals surface area (Å²) >= 11 is 7.74. The number of benzene rings is 2. The second-order valence-electron chi connectivity index (χ2n) is 8.13. The number of nitrogens with one attached hydrogen (secondary N) is 1. The fourth-order valence-electron chi connectivity index (χ4n) is 3.94. The Morgan fingerprint density at radius 2 is 1.91 bits per heavy atom. The number of rotatable bonds is 7. The van der Waals surface area contributed by atoms with Gasteiger partial charge in [0.25, 0.3) is 11.8 Å². The normalized spacial score (nSPS) is 12.1. The van der Waals surface area contributed by atoms with Crippen LogP contribution in [0.15, 0.2) is 42.5 Å². The van der Waals surface area contributed by atoms with E-state index in [4.69, 9.17) is 21.4 Å². The standard InChI is InChI=1S/C26H25ClN2O5S/c1-28-25(32)17-5-7-18-22(13-17)34-11-9-16-14-23(35-24(16)18)26(33)29(2)20-12-15(6-8-19(20)27)21(31)4-3-10-30/h5-8,12-14,30H,3-4,9-11H2,1-2H3,(H,28,32). The second-order valence-corrected chi connectivity index (χ2v) is 9.59. The SMILES string of the molecule is CNC(=O)c1ccc2c(c1)OCCc1cc(C(=O)N(C)c3cc(C(=O)CCCO)ccc3Cl)sc1-2. The van der Waals surface area contributed by atoms with Gasteiger partial charge in [0.1, 0.15) is 5.75 Å². The molecule has 1 aliphatic rings. The molecular formula is C26H25ClN2O5S. The summed E-state index contributed by atoms with van der Waals surface area (Å²) in [6, 6.07) is 12.0. The zero-order chi connectivity index (χ0) is 25.1. The van der Waals surface area contributed by atoms with Crippen LogP contribution in [0, 0.1) is 0 Å². The molecular weight excluding hydrogens is 488 g/mol. The molecule has 0 radical (unpaired) electrons. The molecule has 9 heteroatoms. The molecule has 0 saturated heterocycles. The lowest BCUT2D eigenvalue weighted by Gasteiger charge is -2.19. The Kier molecular flexibility index (Phi) is 7.54. The Balaban J connectivity index is 1.64. The highest BCUT2D eigenvalue weighted by molar-refractivity contribution is 7.17. The van der Waals surface area contributed by atoms with E-state index < -0.39 is 0 Å². The number of ketones is 1. The number of carbonyl (C=O) groups is 3. The summed E-state index contributed by atoms with van der Waals surface area (Å²) in [4.78, 5) is 40.8. The summed E-state index contributed by atoms with van der Waals surface area (Å²) in [6.45, 7) is 0.371. The van der Waals surface area contributed by atoms with Gasteiger partial charge < -0.3 is 20.1 Å². The van der Waals surface area contributed by atoms with E-state index in [0.717, 1.165) is 16.0 Å². The molecule has 2 N–H and O–H groups in total. The molecule has 0 atom stereocenters. The van der Waals surface area contributed by atoms with E-state index >= 15 is 0 Å². The van der Waals surface area contributed by atoms with E-state index in [1.54, 1.807) is 44.4 Å². The molecule has 1 aliphatic heterocycles. The quantitative estimate of drug-likeness (QED) is 0.451. The summed E-state index contributed by atoms with van der Waals surface area (Å²) in [7, 11) is 3.21. The molecule has 0 aliphatic carbocycles. The lowest BCUT2D eigenvalue weighted by atomic mass is 10.0. The van der Waals surface area contributed by atoms with E-state index in [-0.39, 0.29) is 30.6 Å². The third-order valence-electron chi connectivity index (χ3n) is 5.86. The molecule has 0 fully saturated rings. The maximum Gasteiger partial charge on any atom is 0.268 e. The van der Waals surface area contributed by atoms with E-state index in [2.05, 4.69) is 5.32 Å². The number of nitrogens with zero attached hydrogens (tertiary/aromatic N) is 1. The van der Waals surface area contributed by atoms with Gasteiger partial charge >= 0.3 is 0 Å². The molecule has 0 saturated carbocycles. The second kappa shape index (κ2) is 10.6. The molecule has 4 rings (SSSR count). The topological polar surface area (TPSA) is 95.9 Å². The lowest BCUT2D eigenvalue weighted by Crippen LogP contribution is -2.26. The van der Waals surface area contributed by atoms with Crippen LogP contribution in [0.25, 0.3) is 10.4 Å². The smallest absolute Gasteiger partial charge is 0.268 e. The highest BCUT2D eigenvalue weighted by Crippen LogP contribution is 2.42. The molecule has 0 spiro atoms. The van der Waals surface area contributed by atoms with Gasteiger partial charge in [-0.15, -0.1) is 11.3 Å². The molecule has 0 bridgehead atoms. The number of Topliss-reactive ketones (excluding diaryl/α,β-unsaturated/α-hetero) is 1. The minimum Gasteiger partial charge on any atom is -0.493 e. The number of hydrogen-bond donors (Lipinski definition) is 2. The van der Waals surface area contributed by atoms with Gasteiger partial charge in [0.15, 0.2) is 5.78 Å². The molecule has 182 valence electrons. The van der Waals surface area contributed by atoms with Gasteiger partial charge in [-0.05, 0) is 54.4 Å². The Bertz CT molecular complexity index is 1300. The summed E-state index contributed by atoms with van der Waals surface area (Å²) in [5.41, 5.74) is 3.22. The van der Waals surface area contributed by atoms with E-state index in [9.17, 15) is 14.4 Å². The predicted molar refractivity (Wildman–Crippen MR) is 137 cm³/mol. The van der Waals surface area contributed by atoms with Crippen LogP contribution >= 0.6 is 22.9 Å². The van der Waals surface area contributed by atoms with Crippen molar-refractivity contribution in [1.29, 1.82) is 0 Å². The van der Waals surface area contributed by atoms with E-state index in [0.29, 0.717) is 51.9 Å². The number of halogens is 1. The number of amides is 2. The first-order valence-electron chi connectivity index (χ1n) is 11.2. The van der Waals surface area contributed by atoms with Crippen LogP contribution in [0.2, 0.25) is 5.02 Å². The fourth-order valence-corrected chi connectivity index (χ4v) is 5.40. The van der Waals surface area contributed by atoms with Crippen molar-refractivity contribution >= 4 is 46.2 Å². The summed E-state index contributed by atoms with van der Waals surface area (Å²) in [5, 5.41) is 12.0. The Hall–Kier alpha value is -3.20. The van der Waals surface area contributed by atoms with E-state index in [1.165, 1.54) is 16.2 Å². The number of aliphatic hydroxyl groups excluding tert-OH is 1. The zero-order valence-electron chi connectivity index (χ0n) is 19.4. The minimum absolute atomic E-state index is 0.0606. The van der Waals surface area contributed by atoms with Gasteiger partial charge in [0.05, 0.1) is 22.2 Å². The molecule has 3 aromatic rings. The summed E-state index contributed by atoms with van der Waals surface area (Å²) in [6.07, 6.45) is 1.22. The summed E-state index contributed by atoms with van der Waals surface area (Å²) < 4.78 is 5.89. The van der Waals surface area contributed by atoms with Crippen molar-refractivity contribution < 1.29 is 24.2 Å². The number of hydrogen-bond acceptors (Lipinski definition) is 6. The average Bonchev–Trinajstić information content (AvgIpc) is 3.22. The first kappa shape index (κ1) is 24.9. The zero-order valence-corrected chi connectivity index (χ0v) is 21.0. The van der Waals surface area contributed by atoms with Crippen LogP contribution in [0.5, 0.6) is 5.75 Å². The first-order valence-corrected chi connectivity index (χ1v) is 12.4. The minimum atomic E-state index is -0.241. The number of anilines is 1. The van der Waals surface area contributed by atoms with Gasteiger partial charge in [-0.25, -0.2) is 0 Å². The predicted octanol–water partition coefficient (Wildman–Crippen LogP) is 4.59. The van der Waals surface area contributed by atoms with Crippen molar-refractivity contribution in [3.63, 3.8) is 0 Å². The van der Waals surface area contributed by atoms with Crippen LogP contribution in [-0.2, 0) is 6.42 Å². The highest BCUT2D eigenvalue weighted by atomic mass is 35.5. The Labute approximate surface area is 212 Å². The van der Waals surface area contributed by atoms with Crippen molar-refractivity contribution in [3.8, 4) is 16.2 Å². The third-order valence-corrected chi connectivity index (χ3v) is 7.38. The lowest BCUT2D eigenvalue weighted by molar-refractivity contribution is 0.0958. The average molecular weight is 513 g/mol. The van der Waals surface area contributed by atoms with Crippen molar-refractivity contribution in [2.24, 2.45) is 0 Å². The Morgan fingerprint density at radius 3 is 2.66 bits per heavy atom. The number of carbonyl (C=O) groups excluding carboxylic acids is 3. The number of fused-ring (bicyclic) bond motifs is 3. The van der Waals surface area contributed by atoms with E-state index in [1.807, 2.05) is 12.1 Å². The summed E-state index contributed by atoms with van der Waals surface area (Å²) in [5.74, 6) is 0.0532. The van der Waals surface area contributed by atoms with Crippen LogP contribution < -0.4 is 15.0 Å². The van der Waals surface area contributed by atoms with Crippen LogP contribution in [-0.4, -0.2) is 50.0 Å². The number of ether oxygens (including phenoxy) is 1. The van der Waals surface area contributed by atoms with Crippen LogP contribution in [0.3, 0.4) is 0 Å². The monoisotopic (exact) mass is 512 g/mol. The van der Waals surface area contributed by atoms with Gasteiger partial charge in [-0.3, -0.25) is 14.4 Å². The van der Waals surface area contributed by atoms with Crippen LogP contribution in [0.1, 0.15) is 48.8 Å². The molecule has 2 aromatic carbocycles. The number of aliphatic hydroxyl groups is 1.